The van der Waals surface area contributed by atoms with Crippen LogP contribution in [-0.4, -0.2) is 78.9 Å². The van der Waals surface area contributed by atoms with Gasteiger partial charge in [0.05, 0.1) is 31.3 Å². The van der Waals surface area contributed by atoms with Crippen LogP contribution in [0.3, 0.4) is 0 Å². The van der Waals surface area contributed by atoms with Gasteiger partial charge < -0.3 is 19.5 Å². The number of hydrogen-bond donors (Lipinski definition) is 1. The fourth-order valence-corrected chi connectivity index (χ4v) is 6.47. The van der Waals surface area contributed by atoms with E-state index in [1.165, 1.54) is 0 Å². The third kappa shape index (κ3) is 7.33. The molecule has 2 aliphatic rings. The molecule has 0 amide bonds. The molecule has 2 fully saturated rings. The van der Waals surface area contributed by atoms with E-state index in [0.29, 0.717) is 93.0 Å². The number of morpholine rings is 1. The van der Waals surface area contributed by atoms with E-state index in [0.717, 1.165) is 18.7 Å². The fourth-order valence-electron chi connectivity index (χ4n) is 6.47. The van der Waals surface area contributed by atoms with Crippen molar-refractivity contribution in [2.45, 2.75) is 51.2 Å². The van der Waals surface area contributed by atoms with Crippen LogP contribution < -0.4 is 4.74 Å². The van der Waals surface area contributed by atoms with Crippen molar-refractivity contribution >= 4 is 16.9 Å². The number of fused-ring (bicyclic) bond motifs is 1. The number of aromatic nitrogens is 1. The van der Waals surface area contributed by atoms with Gasteiger partial charge in [0.15, 0.2) is 0 Å². The number of ether oxygens (including phenoxy) is 2. The van der Waals surface area contributed by atoms with Gasteiger partial charge in [-0.1, -0.05) is 0 Å². The average Bonchev–Trinajstić information content (AvgIpc) is 3.01. The molecule has 0 aliphatic carbocycles. The SMILES string of the molecule is COc1ccc2ncc(CN3CCOCC3)c([C@H](F)CCC3(C(=O)O)CCN(CCCc4c(F)cc(F)cc4F)CC3)c2c1. The summed E-state index contributed by atoms with van der Waals surface area (Å²) in [5.74, 6) is -3.10. The minimum Gasteiger partial charge on any atom is -0.497 e. The summed E-state index contributed by atoms with van der Waals surface area (Å²) in [6.07, 6.45) is 1.78. The molecule has 2 aromatic carbocycles. The molecule has 11 heteroatoms. The highest BCUT2D eigenvalue weighted by atomic mass is 19.1. The highest BCUT2D eigenvalue weighted by molar-refractivity contribution is 5.85. The summed E-state index contributed by atoms with van der Waals surface area (Å²) in [5.41, 5.74) is 0.732. The Balaban J connectivity index is 1.25. The van der Waals surface area contributed by atoms with Gasteiger partial charge in [0.2, 0.25) is 0 Å². The van der Waals surface area contributed by atoms with Gasteiger partial charge in [-0.2, -0.15) is 0 Å². The molecule has 44 heavy (non-hydrogen) atoms. The number of benzene rings is 2. The molecule has 1 atom stereocenters. The molecule has 1 N–H and O–H groups in total. The molecule has 5 rings (SSSR count). The number of pyridine rings is 1. The van der Waals surface area contributed by atoms with E-state index in [1.807, 2.05) is 0 Å². The number of carboxylic acid groups (broad SMARTS) is 1. The van der Waals surface area contributed by atoms with Crippen LogP contribution in [0.25, 0.3) is 10.9 Å². The molecule has 0 spiro atoms. The van der Waals surface area contributed by atoms with Crippen molar-refractivity contribution in [1.29, 1.82) is 0 Å². The maximum Gasteiger partial charge on any atom is 0.309 e. The van der Waals surface area contributed by atoms with E-state index in [1.54, 1.807) is 31.5 Å². The second kappa shape index (κ2) is 14.2. The van der Waals surface area contributed by atoms with Gasteiger partial charge in [-0.05, 0) is 81.9 Å². The van der Waals surface area contributed by atoms with Crippen LogP contribution in [0.5, 0.6) is 5.75 Å². The van der Waals surface area contributed by atoms with Crippen LogP contribution in [-0.2, 0) is 22.5 Å². The smallest absolute Gasteiger partial charge is 0.309 e. The Morgan fingerprint density at radius 3 is 2.43 bits per heavy atom. The first-order chi connectivity index (χ1) is 21.2. The van der Waals surface area contributed by atoms with Crippen molar-refractivity contribution < 1.29 is 36.9 Å². The van der Waals surface area contributed by atoms with E-state index >= 15 is 4.39 Å². The van der Waals surface area contributed by atoms with E-state index in [2.05, 4.69) is 14.8 Å². The molecular formula is C33H39F4N3O4. The first-order valence-electron chi connectivity index (χ1n) is 15.2. The number of piperidine rings is 1. The molecule has 2 saturated heterocycles. The van der Waals surface area contributed by atoms with Crippen molar-refractivity contribution in [2.75, 3.05) is 53.0 Å². The molecule has 0 bridgehead atoms. The molecule has 238 valence electrons. The van der Waals surface area contributed by atoms with Crippen molar-refractivity contribution in [3.63, 3.8) is 0 Å². The molecule has 3 aromatic rings. The van der Waals surface area contributed by atoms with Gasteiger partial charge in [-0.3, -0.25) is 14.7 Å². The quantitative estimate of drug-likeness (QED) is 0.247. The molecule has 3 heterocycles. The first-order valence-corrected chi connectivity index (χ1v) is 15.2. The maximum absolute atomic E-state index is 16.4. The number of rotatable bonds is 12. The van der Waals surface area contributed by atoms with E-state index in [-0.39, 0.29) is 24.8 Å². The van der Waals surface area contributed by atoms with E-state index in [9.17, 15) is 23.1 Å². The summed E-state index contributed by atoms with van der Waals surface area (Å²) in [4.78, 5) is 21.4. The van der Waals surface area contributed by atoms with E-state index in [4.69, 9.17) is 9.47 Å². The number of aliphatic carboxylic acids is 1. The molecule has 0 unspecified atom stereocenters. The van der Waals surface area contributed by atoms with Crippen LogP contribution in [0.4, 0.5) is 17.6 Å². The number of alkyl halides is 1. The average molecular weight is 618 g/mol. The minimum atomic E-state index is -1.40. The minimum absolute atomic E-state index is 0.0435. The topological polar surface area (TPSA) is 75.1 Å². The highest BCUT2D eigenvalue weighted by Gasteiger charge is 2.42. The monoisotopic (exact) mass is 617 g/mol. The van der Waals surface area contributed by atoms with Gasteiger partial charge in [0, 0.05) is 54.5 Å². The second-order valence-electron chi connectivity index (χ2n) is 11.9. The van der Waals surface area contributed by atoms with Crippen LogP contribution in [0.15, 0.2) is 36.5 Å². The van der Waals surface area contributed by atoms with Gasteiger partial charge in [-0.15, -0.1) is 0 Å². The lowest BCUT2D eigenvalue weighted by atomic mass is 9.74. The zero-order valence-electron chi connectivity index (χ0n) is 25.0. The number of methoxy groups -OCH3 is 1. The lowest BCUT2D eigenvalue weighted by Crippen LogP contribution is -2.44. The molecule has 0 radical (unpaired) electrons. The predicted molar refractivity (Wildman–Crippen MR) is 158 cm³/mol. The largest absolute Gasteiger partial charge is 0.497 e. The first kappa shape index (κ1) is 32.1. The Bertz CT molecular complexity index is 1440. The van der Waals surface area contributed by atoms with Gasteiger partial charge in [0.1, 0.15) is 29.4 Å². The van der Waals surface area contributed by atoms with E-state index < -0.39 is 35.0 Å². The van der Waals surface area contributed by atoms with Crippen molar-refractivity contribution in [1.82, 2.24) is 14.8 Å². The standard InChI is InChI=1S/C33H39F4N3O4/c1-43-24-4-5-30-26(19-24)31(22(20-38-30)21-40-13-15-44-16-14-40)27(35)6-7-33(32(41)42)8-11-39(12-9-33)10-2-3-25-28(36)17-23(34)18-29(25)37/h4-5,17-20,27H,2-3,6-16,21H2,1H3,(H,41,42)/t27-/m1/s1. The molecular weight excluding hydrogens is 578 g/mol. The normalized spacial score (nSPS) is 18.4. The second-order valence-corrected chi connectivity index (χ2v) is 11.9. The van der Waals surface area contributed by atoms with Crippen molar-refractivity contribution in [3.05, 3.63) is 70.7 Å². The summed E-state index contributed by atoms with van der Waals surface area (Å²) in [5, 5.41) is 10.9. The summed E-state index contributed by atoms with van der Waals surface area (Å²) < 4.78 is 68.5. The Morgan fingerprint density at radius 2 is 1.77 bits per heavy atom. The molecule has 2 aliphatic heterocycles. The number of hydrogen-bond acceptors (Lipinski definition) is 6. The zero-order valence-corrected chi connectivity index (χ0v) is 25.0. The van der Waals surface area contributed by atoms with Gasteiger partial charge in [-0.25, -0.2) is 17.6 Å². The van der Waals surface area contributed by atoms with Gasteiger partial charge in [0.25, 0.3) is 0 Å². The fraction of sp³-hybridized carbons (Fsp3) is 0.515. The summed E-state index contributed by atoms with van der Waals surface area (Å²) in [6, 6.07) is 6.73. The third-order valence-electron chi connectivity index (χ3n) is 9.16. The van der Waals surface area contributed by atoms with Crippen LogP contribution in [0.2, 0.25) is 0 Å². The highest BCUT2D eigenvalue weighted by Crippen LogP contribution is 2.42. The lowest BCUT2D eigenvalue weighted by Gasteiger charge is -2.39. The maximum atomic E-state index is 16.4. The van der Waals surface area contributed by atoms with Crippen molar-refractivity contribution in [2.24, 2.45) is 5.41 Å². The zero-order chi connectivity index (χ0) is 31.3. The predicted octanol–water partition coefficient (Wildman–Crippen LogP) is 6.08. The third-order valence-corrected chi connectivity index (χ3v) is 9.16. The Morgan fingerprint density at radius 1 is 1.07 bits per heavy atom. The van der Waals surface area contributed by atoms with Crippen LogP contribution in [0, 0.1) is 22.9 Å². The number of carbonyl (C=O) groups is 1. The number of carboxylic acids is 1. The Labute approximate surface area is 254 Å². The number of nitrogens with zero attached hydrogens (tertiary/aromatic N) is 3. The summed E-state index contributed by atoms with van der Waals surface area (Å²) in [7, 11) is 1.56. The summed E-state index contributed by atoms with van der Waals surface area (Å²) >= 11 is 0. The lowest BCUT2D eigenvalue weighted by molar-refractivity contribution is -0.153. The number of likely N-dealkylation sites (tertiary alicyclic amines) is 1. The van der Waals surface area contributed by atoms with Gasteiger partial charge >= 0.3 is 5.97 Å². The van der Waals surface area contributed by atoms with Crippen LogP contribution in [0.1, 0.15) is 55.0 Å². The molecule has 0 saturated carbocycles. The Kier molecular flexibility index (Phi) is 10.4. The van der Waals surface area contributed by atoms with Crippen molar-refractivity contribution in [3.8, 4) is 5.75 Å². The molecule has 1 aromatic heterocycles. The Hall–Kier alpha value is -3.28. The van der Waals surface area contributed by atoms with Crippen LogP contribution >= 0.6 is 0 Å². The number of halogens is 4. The molecule has 7 nitrogen and oxygen atoms in total. The summed E-state index contributed by atoms with van der Waals surface area (Å²) in [6.45, 7) is 4.70.